The first-order chi connectivity index (χ1) is 12.5. The van der Waals surface area contributed by atoms with Gasteiger partial charge in [-0.05, 0) is 56.4 Å². The Kier molecular flexibility index (Phi) is 4.06. The van der Waals surface area contributed by atoms with Crippen LogP contribution in [-0.4, -0.2) is 28.8 Å². The van der Waals surface area contributed by atoms with E-state index in [0.29, 0.717) is 18.5 Å². The molecule has 0 bridgehead atoms. The lowest BCUT2D eigenvalue weighted by molar-refractivity contribution is -0.134. The van der Waals surface area contributed by atoms with E-state index >= 15 is 0 Å². The van der Waals surface area contributed by atoms with E-state index in [1.54, 1.807) is 6.07 Å². The van der Waals surface area contributed by atoms with Gasteiger partial charge >= 0.3 is 0 Å². The third kappa shape index (κ3) is 2.79. The fourth-order valence-electron chi connectivity index (χ4n) is 4.25. The van der Waals surface area contributed by atoms with Crippen LogP contribution in [0.2, 0.25) is 0 Å². The third-order valence-corrected chi connectivity index (χ3v) is 5.73. The molecule has 4 rings (SSSR count). The monoisotopic (exact) mass is 348 g/mol. The predicted molar refractivity (Wildman–Crippen MR) is 101 cm³/mol. The highest BCUT2D eigenvalue weighted by Crippen LogP contribution is 2.39. The summed E-state index contributed by atoms with van der Waals surface area (Å²) >= 11 is 0. The number of fused-ring (bicyclic) bond motifs is 1. The second-order valence-corrected chi connectivity index (χ2v) is 7.66. The van der Waals surface area contributed by atoms with Gasteiger partial charge in [0.25, 0.3) is 5.91 Å². The number of rotatable bonds is 3. The summed E-state index contributed by atoms with van der Waals surface area (Å²) in [7, 11) is 0. The Morgan fingerprint density at radius 2 is 2.00 bits per heavy atom. The summed E-state index contributed by atoms with van der Waals surface area (Å²) in [6.07, 6.45) is 2.62. The minimum atomic E-state index is -0.835. The van der Waals surface area contributed by atoms with Crippen LogP contribution in [0.15, 0.2) is 48.5 Å². The van der Waals surface area contributed by atoms with Gasteiger partial charge in [-0.1, -0.05) is 42.0 Å². The molecular formula is C22H24N2O2. The summed E-state index contributed by atoms with van der Waals surface area (Å²) in [6.45, 7) is 4.49. The maximum absolute atomic E-state index is 13.2. The molecule has 2 aliphatic rings. The normalized spacial score (nSPS) is 24.6. The zero-order valence-electron chi connectivity index (χ0n) is 15.3. The number of amides is 2. The van der Waals surface area contributed by atoms with Crippen LogP contribution in [0.5, 0.6) is 0 Å². The first-order valence-corrected chi connectivity index (χ1v) is 9.26. The van der Waals surface area contributed by atoms with Gasteiger partial charge in [-0.25, -0.2) is 0 Å². The van der Waals surface area contributed by atoms with E-state index in [0.717, 1.165) is 18.4 Å². The van der Waals surface area contributed by atoms with E-state index in [1.807, 2.05) is 43.0 Å². The minimum absolute atomic E-state index is 0.0280. The summed E-state index contributed by atoms with van der Waals surface area (Å²) in [5.41, 5.74) is 3.39. The lowest BCUT2D eigenvalue weighted by Gasteiger charge is -2.29. The van der Waals surface area contributed by atoms with Crippen LogP contribution in [0.4, 0.5) is 0 Å². The number of aryl methyl sites for hydroxylation is 2. The first-order valence-electron chi connectivity index (χ1n) is 9.26. The van der Waals surface area contributed by atoms with E-state index in [4.69, 9.17) is 0 Å². The van der Waals surface area contributed by atoms with Crippen LogP contribution in [0.3, 0.4) is 0 Å². The van der Waals surface area contributed by atoms with Gasteiger partial charge in [0.15, 0.2) is 0 Å². The van der Waals surface area contributed by atoms with E-state index in [9.17, 15) is 9.59 Å². The predicted octanol–water partition coefficient (Wildman–Crippen LogP) is 3.40. The third-order valence-electron chi connectivity index (χ3n) is 5.73. The number of hydrogen-bond acceptors (Lipinski definition) is 2. The highest BCUT2D eigenvalue weighted by molar-refractivity contribution is 6.00. The number of carbonyl (C=O) groups excluding carboxylic acids is 2. The second-order valence-electron chi connectivity index (χ2n) is 7.66. The fraction of sp³-hybridized carbons (Fsp3) is 0.364. The molecule has 2 unspecified atom stereocenters. The molecule has 4 heteroatoms. The van der Waals surface area contributed by atoms with Gasteiger partial charge < -0.3 is 10.2 Å². The van der Waals surface area contributed by atoms with E-state index in [1.165, 1.54) is 11.1 Å². The van der Waals surface area contributed by atoms with Crippen LogP contribution < -0.4 is 5.32 Å². The second kappa shape index (κ2) is 6.27. The molecule has 0 spiro atoms. The molecule has 26 heavy (non-hydrogen) atoms. The van der Waals surface area contributed by atoms with Crippen LogP contribution in [0, 0.1) is 6.92 Å². The van der Waals surface area contributed by atoms with Gasteiger partial charge in [0.1, 0.15) is 5.54 Å². The summed E-state index contributed by atoms with van der Waals surface area (Å²) in [5, 5.41) is 3.00. The van der Waals surface area contributed by atoms with Gasteiger partial charge in [0.05, 0.1) is 6.04 Å². The van der Waals surface area contributed by atoms with E-state index in [2.05, 4.69) is 23.5 Å². The molecule has 0 aromatic heterocycles. The Morgan fingerprint density at radius 3 is 2.81 bits per heavy atom. The van der Waals surface area contributed by atoms with Gasteiger partial charge in [-0.2, -0.15) is 0 Å². The number of nitrogens with one attached hydrogen (secondary N) is 1. The summed E-state index contributed by atoms with van der Waals surface area (Å²) in [4.78, 5) is 27.8. The number of hydrogen-bond donors (Lipinski definition) is 1. The van der Waals surface area contributed by atoms with Crippen LogP contribution >= 0.6 is 0 Å². The Hall–Kier alpha value is -2.62. The topological polar surface area (TPSA) is 49.4 Å². The highest BCUT2D eigenvalue weighted by atomic mass is 16.2. The zero-order chi connectivity index (χ0) is 18.3. The smallest absolute Gasteiger partial charge is 0.252 e. The average Bonchev–Trinajstić information content (AvgIpc) is 3.17. The van der Waals surface area contributed by atoms with Gasteiger partial charge in [0.2, 0.25) is 5.91 Å². The lowest BCUT2D eigenvalue weighted by atomic mass is 9.99. The SMILES string of the molecule is Cc1cccc(C(=O)NC2(C)CCN(C3CCc4ccccc43)C2=O)c1. The van der Waals surface area contributed by atoms with E-state index in [-0.39, 0.29) is 17.9 Å². The van der Waals surface area contributed by atoms with Gasteiger partial charge in [-0.15, -0.1) is 0 Å². The van der Waals surface area contributed by atoms with Crippen molar-refractivity contribution in [2.24, 2.45) is 0 Å². The molecule has 1 saturated heterocycles. The molecule has 0 radical (unpaired) electrons. The van der Waals surface area contributed by atoms with Gasteiger partial charge in [0, 0.05) is 12.1 Å². The van der Waals surface area contributed by atoms with Crippen molar-refractivity contribution in [2.75, 3.05) is 6.54 Å². The average molecular weight is 348 g/mol. The van der Waals surface area contributed by atoms with Crippen molar-refractivity contribution >= 4 is 11.8 Å². The summed E-state index contributed by atoms with van der Waals surface area (Å²) in [6, 6.07) is 16.0. The summed E-state index contributed by atoms with van der Waals surface area (Å²) < 4.78 is 0. The number of carbonyl (C=O) groups is 2. The van der Waals surface area contributed by atoms with Crippen molar-refractivity contribution in [3.8, 4) is 0 Å². The fourth-order valence-corrected chi connectivity index (χ4v) is 4.25. The molecule has 4 nitrogen and oxygen atoms in total. The molecule has 1 heterocycles. The van der Waals surface area contributed by atoms with E-state index < -0.39 is 5.54 Å². The lowest BCUT2D eigenvalue weighted by Crippen LogP contribution is -2.52. The Bertz CT molecular complexity index is 876. The van der Waals surface area contributed by atoms with Crippen molar-refractivity contribution in [3.63, 3.8) is 0 Å². The minimum Gasteiger partial charge on any atom is -0.338 e. The quantitative estimate of drug-likeness (QED) is 0.924. The molecule has 1 fully saturated rings. The molecule has 2 atom stereocenters. The molecular weight excluding hydrogens is 324 g/mol. The first kappa shape index (κ1) is 16.8. The van der Waals surface area contributed by atoms with Crippen molar-refractivity contribution in [1.82, 2.24) is 10.2 Å². The largest absolute Gasteiger partial charge is 0.338 e. The van der Waals surface area contributed by atoms with Crippen molar-refractivity contribution in [2.45, 2.75) is 44.7 Å². The van der Waals surface area contributed by atoms with Crippen LogP contribution in [-0.2, 0) is 11.2 Å². The maximum Gasteiger partial charge on any atom is 0.252 e. The van der Waals surface area contributed by atoms with Gasteiger partial charge in [-0.3, -0.25) is 9.59 Å². The molecule has 1 aliphatic heterocycles. The van der Waals surface area contributed by atoms with Crippen LogP contribution in [0.1, 0.15) is 52.9 Å². The van der Waals surface area contributed by atoms with Crippen LogP contribution in [0.25, 0.3) is 0 Å². The molecule has 1 N–H and O–H groups in total. The molecule has 2 amide bonds. The molecule has 134 valence electrons. The molecule has 1 aliphatic carbocycles. The highest BCUT2D eigenvalue weighted by Gasteiger charge is 2.47. The molecule has 0 saturated carbocycles. The van der Waals surface area contributed by atoms with Crippen molar-refractivity contribution < 1.29 is 9.59 Å². The van der Waals surface area contributed by atoms with Crippen molar-refractivity contribution in [1.29, 1.82) is 0 Å². The maximum atomic E-state index is 13.2. The number of nitrogens with zero attached hydrogens (tertiary/aromatic N) is 1. The molecule has 2 aromatic carbocycles. The standard InChI is InChI=1S/C22H24N2O2/c1-15-6-5-8-17(14-15)20(25)23-22(2)12-13-24(21(22)26)19-11-10-16-7-3-4-9-18(16)19/h3-9,14,19H,10-13H2,1-2H3,(H,23,25). The number of likely N-dealkylation sites (tertiary alicyclic amines) is 1. The number of benzene rings is 2. The van der Waals surface area contributed by atoms with Crippen molar-refractivity contribution in [3.05, 3.63) is 70.8 Å². The zero-order valence-corrected chi connectivity index (χ0v) is 15.3. The summed E-state index contributed by atoms with van der Waals surface area (Å²) in [5.74, 6) is -0.154. The Morgan fingerprint density at radius 1 is 1.19 bits per heavy atom. The Labute approximate surface area is 154 Å². The molecule has 2 aromatic rings. The Balaban J connectivity index is 1.52.